The van der Waals surface area contributed by atoms with E-state index >= 15 is 0 Å². The van der Waals surface area contributed by atoms with Crippen molar-refractivity contribution in [3.05, 3.63) is 24.3 Å². The second kappa shape index (κ2) is 4.70. The molecule has 1 N–H and O–H groups in total. The summed E-state index contributed by atoms with van der Waals surface area (Å²) >= 11 is 0. The molecule has 1 amide bonds. The summed E-state index contributed by atoms with van der Waals surface area (Å²) < 4.78 is 0. The molecule has 1 aliphatic heterocycles. The maximum Gasteiger partial charge on any atom is 0.240 e. The first kappa shape index (κ1) is 10.5. The summed E-state index contributed by atoms with van der Waals surface area (Å²) in [5.41, 5.74) is 1.28. The number of amides is 1. The van der Waals surface area contributed by atoms with Crippen LogP contribution in [0.2, 0.25) is 0 Å². The molecule has 0 unspecified atom stereocenters. The van der Waals surface area contributed by atoms with Crippen LogP contribution in [-0.4, -0.2) is 31.6 Å². The van der Waals surface area contributed by atoms with Gasteiger partial charge in [0.05, 0.1) is 12.2 Å². The van der Waals surface area contributed by atoms with E-state index in [9.17, 15) is 9.59 Å². The zero-order valence-corrected chi connectivity index (χ0v) is 8.64. The Balaban J connectivity index is 2.28. The van der Waals surface area contributed by atoms with Crippen molar-refractivity contribution >= 4 is 23.4 Å². The molecular formula is C11H11N3O2. The topological polar surface area (TPSA) is 61.8 Å². The highest BCUT2D eigenvalue weighted by Gasteiger charge is 2.18. The van der Waals surface area contributed by atoms with Gasteiger partial charge in [-0.2, -0.15) is 4.99 Å². The number of nitrogens with zero attached hydrogens (tertiary/aromatic N) is 2. The van der Waals surface area contributed by atoms with Gasteiger partial charge in [-0.1, -0.05) is 6.07 Å². The Bertz CT molecular complexity index is 452. The van der Waals surface area contributed by atoms with Crippen LogP contribution in [0.25, 0.3) is 0 Å². The molecule has 1 fully saturated rings. The third-order valence-corrected chi connectivity index (χ3v) is 2.41. The fraction of sp³-hybridized carbons (Fsp3) is 0.273. The standard InChI is InChI=1S/C11H11N3O2/c15-8-13-9-2-1-3-10(6-9)14-5-4-12-7-11(14)16/h1-3,6,12H,4-5,7H2. The molecule has 1 aromatic carbocycles. The van der Waals surface area contributed by atoms with Crippen molar-refractivity contribution in [3.8, 4) is 0 Å². The molecule has 1 aromatic rings. The fourth-order valence-electron chi connectivity index (χ4n) is 1.66. The smallest absolute Gasteiger partial charge is 0.240 e. The summed E-state index contributed by atoms with van der Waals surface area (Å²) in [4.78, 5) is 27.0. The van der Waals surface area contributed by atoms with Crippen LogP contribution in [0.4, 0.5) is 11.4 Å². The summed E-state index contributed by atoms with van der Waals surface area (Å²) in [6.45, 7) is 1.75. The van der Waals surface area contributed by atoms with E-state index in [1.807, 2.05) is 6.07 Å². The Labute approximate surface area is 92.8 Å². The molecule has 0 aromatic heterocycles. The van der Waals surface area contributed by atoms with Crippen molar-refractivity contribution in [1.82, 2.24) is 5.32 Å². The number of anilines is 1. The number of rotatable bonds is 2. The number of piperazine rings is 1. The van der Waals surface area contributed by atoms with E-state index in [-0.39, 0.29) is 5.91 Å². The van der Waals surface area contributed by atoms with Gasteiger partial charge < -0.3 is 10.2 Å². The minimum Gasteiger partial charge on any atom is -0.310 e. The Hall–Kier alpha value is -1.97. The Morgan fingerprint density at radius 1 is 1.44 bits per heavy atom. The predicted molar refractivity (Wildman–Crippen MR) is 59.4 cm³/mol. The zero-order chi connectivity index (χ0) is 11.4. The fourth-order valence-corrected chi connectivity index (χ4v) is 1.66. The predicted octanol–water partition coefficient (Wildman–Crippen LogP) is 0.590. The molecule has 1 saturated heterocycles. The number of carbonyl (C=O) groups excluding carboxylic acids is 2. The van der Waals surface area contributed by atoms with Gasteiger partial charge in [0, 0.05) is 18.8 Å². The van der Waals surface area contributed by atoms with Gasteiger partial charge in [-0.3, -0.25) is 4.79 Å². The van der Waals surface area contributed by atoms with Gasteiger partial charge in [-0.05, 0) is 18.2 Å². The maximum absolute atomic E-state index is 11.6. The molecule has 0 spiro atoms. The summed E-state index contributed by atoms with van der Waals surface area (Å²) in [7, 11) is 0. The van der Waals surface area contributed by atoms with Crippen molar-refractivity contribution in [2.24, 2.45) is 4.99 Å². The van der Waals surface area contributed by atoms with Gasteiger partial charge in [0.25, 0.3) is 0 Å². The number of nitrogens with one attached hydrogen (secondary N) is 1. The van der Waals surface area contributed by atoms with Crippen LogP contribution >= 0.6 is 0 Å². The second-order valence-corrected chi connectivity index (χ2v) is 3.45. The lowest BCUT2D eigenvalue weighted by Gasteiger charge is -2.27. The summed E-state index contributed by atoms with van der Waals surface area (Å²) in [5.74, 6) is 0.0264. The third-order valence-electron chi connectivity index (χ3n) is 2.41. The van der Waals surface area contributed by atoms with Crippen LogP contribution in [0, 0.1) is 0 Å². The lowest BCUT2D eigenvalue weighted by molar-refractivity contribution is -0.118. The molecule has 1 heterocycles. The van der Waals surface area contributed by atoms with Crippen molar-refractivity contribution in [2.75, 3.05) is 24.5 Å². The third kappa shape index (κ3) is 2.16. The van der Waals surface area contributed by atoms with E-state index in [1.165, 1.54) is 6.08 Å². The summed E-state index contributed by atoms with van der Waals surface area (Å²) in [6.07, 6.45) is 1.48. The van der Waals surface area contributed by atoms with Gasteiger partial charge in [0.1, 0.15) is 0 Å². The van der Waals surface area contributed by atoms with Crippen LogP contribution in [0.3, 0.4) is 0 Å². The normalized spacial score (nSPS) is 15.8. The second-order valence-electron chi connectivity index (χ2n) is 3.45. The highest BCUT2D eigenvalue weighted by atomic mass is 16.2. The highest BCUT2D eigenvalue weighted by Crippen LogP contribution is 2.21. The van der Waals surface area contributed by atoms with E-state index in [4.69, 9.17) is 0 Å². The Morgan fingerprint density at radius 2 is 2.31 bits per heavy atom. The van der Waals surface area contributed by atoms with E-state index in [1.54, 1.807) is 23.1 Å². The number of benzene rings is 1. The van der Waals surface area contributed by atoms with E-state index in [0.29, 0.717) is 18.8 Å². The highest BCUT2D eigenvalue weighted by molar-refractivity contribution is 5.95. The van der Waals surface area contributed by atoms with Crippen molar-refractivity contribution in [3.63, 3.8) is 0 Å². The average Bonchev–Trinajstić information content (AvgIpc) is 2.30. The van der Waals surface area contributed by atoms with Crippen LogP contribution < -0.4 is 10.2 Å². The molecule has 0 saturated carbocycles. The molecule has 16 heavy (non-hydrogen) atoms. The SMILES string of the molecule is O=C=Nc1cccc(N2CCNCC2=O)c1. The lowest BCUT2D eigenvalue weighted by Crippen LogP contribution is -2.48. The Morgan fingerprint density at radius 3 is 3.06 bits per heavy atom. The molecular weight excluding hydrogens is 206 g/mol. The molecule has 5 nitrogen and oxygen atoms in total. The van der Waals surface area contributed by atoms with Crippen molar-refractivity contribution < 1.29 is 9.59 Å². The molecule has 0 atom stereocenters. The van der Waals surface area contributed by atoms with Crippen LogP contribution in [0.5, 0.6) is 0 Å². The Kier molecular flexibility index (Phi) is 3.10. The van der Waals surface area contributed by atoms with Gasteiger partial charge in [-0.15, -0.1) is 0 Å². The van der Waals surface area contributed by atoms with Gasteiger partial charge in [0.2, 0.25) is 12.0 Å². The number of hydrogen-bond acceptors (Lipinski definition) is 4. The summed E-state index contributed by atoms with van der Waals surface area (Å²) in [5, 5.41) is 3.00. The van der Waals surface area contributed by atoms with Crippen LogP contribution in [-0.2, 0) is 9.59 Å². The first-order valence-electron chi connectivity index (χ1n) is 5.00. The quantitative estimate of drug-likeness (QED) is 0.582. The molecule has 0 bridgehead atoms. The van der Waals surface area contributed by atoms with Gasteiger partial charge >= 0.3 is 0 Å². The molecule has 2 rings (SSSR count). The first-order chi connectivity index (χ1) is 7.81. The monoisotopic (exact) mass is 217 g/mol. The van der Waals surface area contributed by atoms with E-state index < -0.39 is 0 Å². The average molecular weight is 217 g/mol. The van der Waals surface area contributed by atoms with E-state index in [0.717, 1.165) is 12.2 Å². The van der Waals surface area contributed by atoms with Crippen LogP contribution in [0.15, 0.2) is 29.3 Å². The number of isocyanates is 1. The van der Waals surface area contributed by atoms with Crippen molar-refractivity contribution in [1.29, 1.82) is 0 Å². The molecule has 82 valence electrons. The maximum atomic E-state index is 11.6. The molecule has 0 aliphatic carbocycles. The molecule has 0 radical (unpaired) electrons. The van der Waals surface area contributed by atoms with Crippen molar-refractivity contribution in [2.45, 2.75) is 0 Å². The summed E-state index contributed by atoms with van der Waals surface area (Å²) in [6, 6.07) is 6.99. The van der Waals surface area contributed by atoms with Crippen LogP contribution in [0.1, 0.15) is 0 Å². The van der Waals surface area contributed by atoms with Gasteiger partial charge in [-0.25, -0.2) is 4.79 Å². The first-order valence-corrected chi connectivity index (χ1v) is 5.00. The van der Waals surface area contributed by atoms with E-state index in [2.05, 4.69) is 10.3 Å². The molecule has 1 aliphatic rings. The lowest BCUT2D eigenvalue weighted by atomic mass is 10.2. The number of hydrogen-bond donors (Lipinski definition) is 1. The largest absolute Gasteiger partial charge is 0.310 e. The minimum atomic E-state index is 0.0264. The number of carbonyl (C=O) groups is 1. The number of aliphatic imine (C=N–C) groups is 1. The molecule has 5 heteroatoms. The van der Waals surface area contributed by atoms with Gasteiger partial charge in [0.15, 0.2) is 0 Å². The zero-order valence-electron chi connectivity index (χ0n) is 8.64. The minimum absolute atomic E-state index is 0.0264.